The van der Waals surface area contributed by atoms with Crippen molar-refractivity contribution in [2.45, 2.75) is 46.1 Å². The minimum absolute atomic E-state index is 0.0201. The van der Waals surface area contributed by atoms with Crippen molar-refractivity contribution in [3.8, 4) is 0 Å². The maximum atomic E-state index is 5.54. The molecule has 1 unspecified atom stereocenters. The van der Waals surface area contributed by atoms with E-state index in [1.165, 1.54) is 17.7 Å². The summed E-state index contributed by atoms with van der Waals surface area (Å²) in [4.78, 5) is 9.39. The molecule has 1 aromatic rings. The van der Waals surface area contributed by atoms with Crippen molar-refractivity contribution in [2.75, 3.05) is 19.0 Å². The Labute approximate surface area is 109 Å². The fourth-order valence-electron chi connectivity index (χ4n) is 2.57. The van der Waals surface area contributed by atoms with Gasteiger partial charge in [0.2, 0.25) is 0 Å². The normalized spacial score (nSPS) is 15.8. The number of ether oxygens (including phenoxy) is 1. The van der Waals surface area contributed by atoms with Crippen LogP contribution in [0.4, 0.5) is 5.82 Å². The van der Waals surface area contributed by atoms with Crippen molar-refractivity contribution in [1.29, 1.82) is 0 Å². The SMILES string of the molecule is CCNc1nc(C(OC)C(C)C)nc2c1CCC2. The Morgan fingerprint density at radius 3 is 2.67 bits per heavy atom. The molecule has 4 heteroatoms. The van der Waals surface area contributed by atoms with Gasteiger partial charge >= 0.3 is 0 Å². The first kappa shape index (κ1) is 13.3. The van der Waals surface area contributed by atoms with Crippen LogP contribution in [-0.2, 0) is 17.6 Å². The molecule has 0 fully saturated rings. The number of hydrogen-bond acceptors (Lipinski definition) is 4. The molecule has 1 atom stereocenters. The summed E-state index contributed by atoms with van der Waals surface area (Å²) < 4.78 is 5.54. The van der Waals surface area contributed by atoms with E-state index in [1.54, 1.807) is 7.11 Å². The van der Waals surface area contributed by atoms with Crippen LogP contribution in [0.2, 0.25) is 0 Å². The number of nitrogens with one attached hydrogen (secondary N) is 1. The van der Waals surface area contributed by atoms with Crippen LogP contribution in [0.15, 0.2) is 0 Å². The third-order valence-corrected chi connectivity index (χ3v) is 3.41. The Balaban J connectivity index is 2.40. The molecule has 0 amide bonds. The van der Waals surface area contributed by atoms with E-state index in [1.807, 2.05) is 0 Å². The number of methoxy groups -OCH3 is 1. The third kappa shape index (κ3) is 2.48. The van der Waals surface area contributed by atoms with Crippen LogP contribution in [0.1, 0.15) is 50.4 Å². The first-order valence-electron chi connectivity index (χ1n) is 6.83. The fraction of sp³-hybridized carbons (Fsp3) is 0.714. The molecule has 0 radical (unpaired) electrons. The van der Waals surface area contributed by atoms with Gasteiger partial charge in [-0.1, -0.05) is 13.8 Å². The summed E-state index contributed by atoms with van der Waals surface area (Å²) in [6, 6.07) is 0. The van der Waals surface area contributed by atoms with Gasteiger partial charge in [-0.3, -0.25) is 0 Å². The summed E-state index contributed by atoms with van der Waals surface area (Å²) in [6.45, 7) is 7.26. The minimum atomic E-state index is -0.0201. The van der Waals surface area contributed by atoms with E-state index in [0.29, 0.717) is 5.92 Å². The van der Waals surface area contributed by atoms with Gasteiger partial charge in [0.15, 0.2) is 5.82 Å². The van der Waals surface area contributed by atoms with Gasteiger partial charge < -0.3 is 10.1 Å². The molecule has 100 valence electrons. The molecular formula is C14H23N3O. The molecule has 2 rings (SSSR count). The van der Waals surface area contributed by atoms with Gasteiger partial charge in [0.1, 0.15) is 11.9 Å². The molecule has 0 saturated carbocycles. The Bertz CT molecular complexity index is 418. The van der Waals surface area contributed by atoms with Gasteiger partial charge in [0, 0.05) is 24.9 Å². The molecule has 0 aromatic carbocycles. The second-order valence-corrected chi connectivity index (χ2v) is 5.14. The zero-order valence-electron chi connectivity index (χ0n) is 11.8. The van der Waals surface area contributed by atoms with Crippen LogP contribution in [-0.4, -0.2) is 23.6 Å². The maximum absolute atomic E-state index is 5.54. The highest BCUT2D eigenvalue weighted by atomic mass is 16.5. The lowest BCUT2D eigenvalue weighted by molar-refractivity contribution is 0.0574. The van der Waals surface area contributed by atoms with Gasteiger partial charge in [0.25, 0.3) is 0 Å². The van der Waals surface area contributed by atoms with Crippen LogP contribution >= 0.6 is 0 Å². The Kier molecular flexibility index (Phi) is 4.17. The summed E-state index contributed by atoms with van der Waals surface area (Å²) in [5, 5.41) is 3.36. The van der Waals surface area contributed by atoms with Crippen molar-refractivity contribution in [3.63, 3.8) is 0 Å². The molecule has 1 aliphatic rings. The monoisotopic (exact) mass is 249 g/mol. The molecule has 0 bridgehead atoms. The van der Waals surface area contributed by atoms with E-state index in [-0.39, 0.29) is 6.10 Å². The largest absolute Gasteiger partial charge is 0.373 e. The number of rotatable bonds is 5. The van der Waals surface area contributed by atoms with Crippen molar-refractivity contribution in [1.82, 2.24) is 9.97 Å². The van der Waals surface area contributed by atoms with Gasteiger partial charge in [-0.2, -0.15) is 0 Å². The standard InChI is InChI=1S/C14H23N3O/c1-5-15-13-10-7-6-8-11(10)16-14(17-13)12(18-4)9(2)3/h9,12H,5-8H2,1-4H3,(H,15,16,17). The summed E-state index contributed by atoms with van der Waals surface area (Å²) in [6.07, 6.45) is 3.33. The average Bonchev–Trinajstić information content (AvgIpc) is 2.78. The van der Waals surface area contributed by atoms with E-state index in [2.05, 4.69) is 31.1 Å². The average molecular weight is 249 g/mol. The molecule has 1 N–H and O–H groups in total. The predicted octanol–water partition coefficient (Wildman–Crippen LogP) is 2.74. The molecule has 4 nitrogen and oxygen atoms in total. The van der Waals surface area contributed by atoms with E-state index in [9.17, 15) is 0 Å². The fourth-order valence-corrected chi connectivity index (χ4v) is 2.57. The summed E-state index contributed by atoms with van der Waals surface area (Å²) in [7, 11) is 1.73. The smallest absolute Gasteiger partial charge is 0.159 e. The molecule has 1 aromatic heterocycles. The van der Waals surface area contributed by atoms with Crippen LogP contribution in [0.25, 0.3) is 0 Å². The van der Waals surface area contributed by atoms with Crippen LogP contribution in [0, 0.1) is 5.92 Å². The molecule has 0 aliphatic heterocycles. The topological polar surface area (TPSA) is 47.0 Å². The van der Waals surface area contributed by atoms with E-state index < -0.39 is 0 Å². The van der Waals surface area contributed by atoms with Crippen molar-refractivity contribution in [3.05, 3.63) is 17.1 Å². The lowest BCUT2D eigenvalue weighted by Crippen LogP contribution is -2.16. The van der Waals surface area contributed by atoms with Gasteiger partial charge in [-0.25, -0.2) is 9.97 Å². The van der Waals surface area contributed by atoms with Crippen molar-refractivity contribution >= 4 is 5.82 Å². The number of fused-ring (bicyclic) bond motifs is 1. The maximum Gasteiger partial charge on any atom is 0.159 e. The van der Waals surface area contributed by atoms with E-state index in [4.69, 9.17) is 9.72 Å². The highest BCUT2D eigenvalue weighted by Crippen LogP contribution is 2.30. The predicted molar refractivity (Wildman–Crippen MR) is 72.8 cm³/mol. The third-order valence-electron chi connectivity index (χ3n) is 3.41. The lowest BCUT2D eigenvalue weighted by Gasteiger charge is -2.20. The number of aryl methyl sites for hydroxylation is 1. The molecule has 1 heterocycles. The van der Waals surface area contributed by atoms with Crippen LogP contribution < -0.4 is 5.32 Å². The van der Waals surface area contributed by atoms with Crippen LogP contribution in [0.3, 0.4) is 0 Å². The van der Waals surface area contributed by atoms with Crippen LogP contribution in [0.5, 0.6) is 0 Å². The molecule has 0 saturated heterocycles. The molecule has 0 spiro atoms. The minimum Gasteiger partial charge on any atom is -0.373 e. The van der Waals surface area contributed by atoms with E-state index >= 15 is 0 Å². The van der Waals surface area contributed by atoms with Crippen molar-refractivity contribution in [2.24, 2.45) is 5.92 Å². The summed E-state index contributed by atoms with van der Waals surface area (Å²) in [5.41, 5.74) is 2.51. The number of nitrogens with zero attached hydrogens (tertiary/aromatic N) is 2. The van der Waals surface area contributed by atoms with Crippen molar-refractivity contribution < 1.29 is 4.74 Å². The Morgan fingerprint density at radius 2 is 2.06 bits per heavy atom. The quantitative estimate of drug-likeness (QED) is 0.871. The van der Waals surface area contributed by atoms with Gasteiger partial charge in [-0.05, 0) is 32.1 Å². The highest BCUT2D eigenvalue weighted by molar-refractivity contribution is 5.48. The number of anilines is 1. The zero-order chi connectivity index (χ0) is 13.1. The molecule has 18 heavy (non-hydrogen) atoms. The number of aromatic nitrogens is 2. The zero-order valence-corrected chi connectivity index (χ0v) is 11.8. The first-order chi connectivity index (χ1) is 8.67. The van der Waals surface area contributed by atoms with Gasteiger partial charge in [-0.15, -0.1) is 0 Å². The number of hydrogen-bond donors (Lipinski definition) is 1. The first-order valence-corrected chi connectivity index (χ1v) is 6.83. The molecule has 1 aliphatic carbocycles. The van der Waals surface area contributed by atoms with Gasteiger partial charge in [0.05, 0.1) is 0 Å². The Hall–Kier alpha value is -1.16. The lowest BCUT2D eigenvalue weighted by atomic mass is 10.1. The second-order valence-electron chi connectivity index (χ2n) is 5.14. The second kappa shape index (κ2) is 5.65. The summed E-state index contributed by atoms with van der Waals surface area (Å²) >= 11 is 0. The molecular weight excluding hydrogens is 226 g/mol. The van der Waals surface area contributed by atoms with E-state index in [0.717, 1.165) is 31.0 Å². The highest BCUT2D eigenvalue weighted by Gasteiger charge is 2.24. The Morgan fingerprint density at radius 1 is 1.28 bits per heavy atom. The summed E-state index contributed by atoms with van der Waals surface area (Å²) in [5.74, 6) is 2.21.